The molecule has 1 aromatic rings. The second-order valence-corrected chi connectivity index (χ2v) is 3.88. The summed E-state index contributed by atoms with van der Waals surface area (Å²) in [5.41, 5.74) is 11.1. The molecule has 2 heteroatoms. The molecular weight excluding hydrogens is 178 g/mol. The van der Waals surface area contributed by atoms with E-state index in [0.717, 1.165) is 0 Å². The zero-order valence-corrected chi connectivity index (χ0v) is 9.36. The fraction of sp³-hybridized carbons (Fsp3) is 0.455. The molecule has 0 aliphatic carbocycles. The maximum absolute atomic E-state index is 5.94. The van der Waals surface area contributed by atoms with Crippen molar-refractivity contribution in [2.45, 2.75) is 26.8 Å². The Hall–Kier alpha value is -0.470. The van der Waals surface area contributed by atoms with Gasteiger partial charge in [0, 0.05) is 11.8 Å². The molecule has 1 nitrogen and oxygen atoms in total. The minimum Gasteiger partial charge on any atom is -0.323 e. The van der Waals surface area contributed by atoms with Gasteiger partial charge in [-0.25, -0.2) is 0 Å². The van der Waals surface area contributed by atoms with E-state index in [4.69, 9.17) is 5.73 Å². The average Bonchev–Trinajstić information content (AvgIpc) is 2.13. The lowest BCUT2D eigenvalue weighted by molar-refractivity contribution is 0.822. The van der Waals surface area contributed by atoms with Crippen molar-refractivity contribution in [2.24, 2.45) is 5.73 Å². The Morgan fingerprint density at radius 1 is 1.23 bits per heavy atom. The lowest BCUT2D eigenvalue weighted by Crippen LogP contribution is -2.13. The lowest BCUT2D eigenvalue weighted by Gasteiger charge is -2.15. The summed E-state index contributed by atoms with van der Waals surface area (Å²) in [6.45, 7) is 6.39. The highest BCUT2D eigenvalue weighted by molar-refractivity contribution is 7.80. The van der Waals surface area contributed by atoms with Crippen molar-refractivity contribution in [3.63, 3.8) is 0 Å². The highest BCUT2D eigenvalue weighted by Crippen LogP contribution is 2.22. The number of hydrogen-bond acceptors (Lipinski definition) is 2. The van der Waals surface area contributed by atoms with Gasteiger partial charge in [0.05, 0.1) is 0 Å². The summed E-state index contributed by atoms with van der Waals surface area (Å²) in [5, 5.41) is 0. The molecule has 0 bridgehead atoms. The maximum atomic E-state index is 5.94. The van der Waals surface area contributed by atoms with Gasteiger partial charge in [-0.3, -0.25) is 0 Å². The molecule has 1 aromatic carbocycles. The van der Waals surface area contributed by atoms with E-state index in [2.05, 4.69) is 45.5 Å². The van der Waals surface area contributed by atoms with E-state index < -0.39 is 0 Å². The van der Waals surface area contributed by atoms with Gasteiger partial charge in [-0.15, -0.1) is 0 Å². The summed E-state index contributed by atoms with van der Waals surface area (Å²) in [6, 6.07) is 4.29. The van der Waals surface area contributed by atoms with Gasteiger partial charge in [0.25, 0.3) is 0 Å². The predicted octanol–water partition coefficient (Wildman–Crippen LogP) is 2.54. The molecule has 0 saturated carbocycles. The quantitative estimate of drug-likeness (QED) is 0.697. The number of nitrogens with two attached hydrogens (primary N) is 1. The number of rotatable bonds is 2. The Morgan fingerprint density at radius 2 is 1.85 bits per heavy atom. The highest BCUT2D eigenvalue weighted by atomic mass is 32.1. The van der Waals surface area contributed by atoms with Gasteiger partial charge >= 0.3 is 0 Å². The Balaban J connectivity index is 3.18. The summed E-state index contributed by atoms with van der Waals surface area (Å²) < 4.78 is 0. The van der Waals surface area contributed by atoms with Crippen LogP contribution in [0.15, 0.2) is 12.1 Å². The topological polar surface area (TPSA) is 26.0 Å². The Kier molecular flexibility index (Phi) is 3.40. The molecule has 2 N–H and O–H groups in total. The largest absolute Gasteiger partial charge is 0.323 e. The molecule has 0 fully saturated rings. The molecule has 13 heavy (non-hydrogen) atoms. The third-order valence-corrected chi connectivity index (χ3v) is 3.09. The van der Waals surface area contributed by atoms with Gasteiger partial charge in [-0.2, -0.15) is 12.6 Å². The lowest BCUT2D eigenvalue weighted by atomic mass is 9.95. The number of aryl methyl sites for hydroxylation is 1. The highest BCUT2D eigenvalue weighted by Gasteiger charge is 2.09. The predicted molar refractivity (Wildman–Crippen MR) is 61.4 cm³/mol. The van der Waals surface area contributed by atoms with Gasteiger partial charge in [0.2, 0.25) is 0 Å². The van der Waals surface area contributed by atoms with E-state index in [1.165, 1.54) is 22.3 Å². The summed E-state index contributed by atoms with van der Waals surface area (Å²) >= 11 is 4.21. The van der Waals surface area contributed by atoms with Crippen molar-refractivity contribution in [3.05, 3.63) is 34.4 Å². The zero-order valence-electron chi connectivity index (χ0n) is 8.46. The van der Waals surface area contributed by atoms with Crippen molar-refractivity contribution in [1.29, 1.82) is 0 Å². The van der Waals surface area contributed by atoms with Crippen LogP contribution in [0.2, 0.25) is 0 Å². The smallest absolute Gasteiger partial charge is 0.0387 e. The van der Waals surface area contributed by atoms with E-state index in [1.54, 1.807) is 0 Å². The third-order valence-electron chi connectivity index (χ3n) is 2.70. The summed E-state index contributed by atoms with van der Waals surface area (Å²) in [7, 11) is 0. The first-order valence-electron chi connectivity index (χ1n) is 4.51. The fourth-order valence-corrected chi connectivity index (χ4v) is 1.67. The van der Waals surface area contributed by atoms with Crippen molar-refractivity contribution in [3.8, 4) is 0 Å². The zero-order chi connectivity index (χ0) is 10.0. The molecule has 0 radical (unpaired) electrons. The molecule has 0 heterocycles. The van der Waals surface area contributed by atoms with E-state index in [0.29, 0.717) is 5.75 Å². The van der Waals surface area contributed by atoms with Crippen LogP contribution in [0, 0.1) is 20.8 Å². The third kappa shape index (κ3) is 2.06. The van der Waals surface area contributed by atoms with Crippen LogP contribution >= 0.6 is 12.6 Å². The first-order chi connectivity index (χ1) is 6.07. The van der Waals surface area contributed by atoms with Crippen LogP contribution in [0.5, 0.6) is 0 Å². The van der Waals surface area contributed by atoms with E-state index in [1.807, 2.05) is 0 Å². The van der Waals surface area contributed by atoms with Crippen LogP contribution in [-0.4, -0.2) is 5.75 Å². The summed E-state index contributed by atoms with van der Waals surface area (Å²) in [5.74, 6) is 0.698. The van der Waals surface area contributed by atoms with Crippen molar-refractivity contribution >= 4 is 12.6 Å². The van der Waals surface area contributed by atoms with Crippen LogP contribution in [0.3, 0.4) is 0 Å². The Labute approximate surface area is 85.8 Å². The monoisotopic (exact) mass is 195 g/mol. The molecule has 1 rings (SSSR count). The molecule has 0 amide bonds. The SMILES string of the molecule is Cc1ccc(C(N)CS)c(C)c1C. The molecule has 72 valence electrons. The second kappa shape index (κ2) is 4.16. The standard InChI is InChI=1S/C11H17NS/c1-7-4-5-10(11(12)6-13)9(3)8(7)2/h4-5,11,13H,6,12H2,1-3H3. The minimum atomic E-state index is 0.0580. The van der Waals surface area contributed by atoms with Crippen LogP contribution < -0.4 is 5.73 Å². The van der Waals surface area contributed by atoms with Gasteiger partial charge in [0.15, 0.2) is 0 Å². The summed E-state index contributed by atoms with van der Waals surface area (Å²) in [6.07, 6.45) is 0. The van der Waals surface area contributed by atoms with Crippen molar-refractivity contribution in [2.75, 3.05) is 5.75 Å². The average molecular weight is 195 g/mol. The van der Waals surface area contributed by atoms with Crippen molar-refractivity contribution in [1.82, 2.24) is 0 Å². The van der Waals surface area contributed by atoms with Crippen LogP contribution in [0.1, 0.15) is 28.3 Å². The van der Waals surface area contributed by atoms with Crippen LogP contribution in [-0.2, 0) is 0 Å². The molecule has 0 aromatic heterocycles. The van der Waals surface area contributed by atoms with Gasteiger partial charge in [0.1, 0.15) is 0 Å². The Morgan fingerprint density at radius 3 is 2.38 bits per heavy atom. The van der Waals surface area contributed by atoms with E-state index >= 15 is 0 Å². The normalized spacial score (nSPS) is 13.0. The molecule has 1 unspecified atom stereocenters. The molecular formula is C11H17NS. The fourth-order valence-electron chi connectivity index (χ4n) is 1.48. The second-order valence-electron chi connectivity index (χ2n) is 3.51. The summed E-state index contributed by atoms with van der Waals surface area (Å²) in [4.78, 5) is 0. The molecule has 0 aliphatic rings. The minimum absolute atomic E-state index is 0.0580. The number of benzene rings is 1. The molecule has 0 spiro atoms. The van der Waals surface area contributed by atoms with Crippen LogP contribution in [0.25, 0.3) is 0 Å². The van der Waals surface area contributed by atoms with E-state index in [-0.39, 0.29) is 6.04 Å². The molecule has 1 atom stereocenters. The molecule has 0 aliphatic heterocycles. The van der Waals surface area contributed by atoms with Gasteiger partial charge < -0.3 is 5.73 Å². The first-order valence-corrected chi connectivity index (χ1v) is 5.14. The maximum Gasteiger partial charge on any atom is 0.0387 e. The van der Waals surface area contributed by atoms with Crippen LogP contribution in [0.4, 0.5) is 0 Å². The number of thiol groups is 1. The Bertz CT molecular complexity index is 307. The van der Waals surface area contributed by atoms with E-state index in [9.17, 15) is 0 Å². The molecule has 0 saturated heterocycles. The number of hydrogen-bond donors (Lipinski definition) is 2. The first kappa shape index (κ1) is 10.6. The van der Waals surface area contributed by atoms with Crippen molar-refractivity contribution < 1.29 is 0 Å². The van der Waals surface area contributed by atoms with Gasteiger partial charge in [-0.1, -0.05) is 12.1 Å². The van der Waals surface area contributed by atoms with Gasteiger partial charge in [-0.05, 0) is 43.0 Å².